The smallest absolute Gasteiger partial charge is 0.311 e. The van der Waals surface area contributed by atoms with Gasteiger partial charge >= 0.3 is 5.97 Å². The first kappa shape index (κ1) is 13.4. The third-order valence-electron chi connectivity index (χ3n) is 4.44. The van der Waals surface area contributed by atoms with Gasteiger partial charge in [-0.15, -0.1) is 0 Å². The standard InChI is InChI=1S/C15H18FNO3/c16-12-2-1-11-3-6-17(13(11)9-12)10-15(14(18)19)4-7-20-8-5-15/h1-2,9H,3-8,10H2,(H,18,19). The Morgan fingerprint density at radius 3 is 2.85 bits per heavy atom. The molecule has 1 fully saturated rings. The molecule has 2 heterocycles. The summed E-state index contributed by atoms with van der Waals surface area (Å²) in [6.45, 7) is 2.16. The van der Waals surface area contributed by atoms with Gasteiger partial charge in [0.2, 0.25) is 0 Å². The molecule has 0 unspecified atom stereocenters. The van der Waals surface area contributed by atoms with Crippen molar-refractivity contribution >= 4 is 11.7 Å². The van der Waals surface area contributed by atoms with Crippen LogP contribution in [0.15, 0.2) is 18.2 Å². The number of hydrogen-bond donors (Lipinski definition) is 1. The molecule has 1 aromatic rings. The average Bonchev–Trinajstić information content (AvgIpc) is 2.82. The van der Waals surface area contributed by atoms with Crippen LogP contribution in [-0.2, 0) is 16.0 Å². The van der Waals surface area contributed by atoms with Gasteiger partial charge in [0.05, 0.1) is 5.41 Å². The van der Waals surface area contributed by atoms with E-state index in [1.54, 1.807) is 6.07 Å². The molecule has 0 aliphatic carbocycles. The van der Waals surface area contributed by atoms with E-state index in [4.69, 9.17) is 4.74 Å². The number of carboxylic acids is 1. The van der Waals surface area contributed by atoms with Gasteiger partial charge in [-0.05, 0) is 37.0 Å². The molecule has 20 heavy (non-hydrogen) atoms. The zero-order chi connectivity index (χ0) is 14.2. The van der Waals surface area contributed by atoms with Crippen molar-refractivity contribution in [3.63, 3.8) is 0 Å². The van der Waals surface area contributed by atoms with E-state index in [0.29, 0.717) is 32.6 Å². The number of nitrogens with zero attached hydrogens (tertiary/aromatic N) is 1. The second-order valence-electron chi connectivity index (χ2n) is 5.64. The first-order valence-electron chi connectivity index (χ1n) is 6.95. The van der Waals surface area contributed by atoms with Crippen molar-refractivity contribution in [2.24, 2.45) is 5.41 Å². The molecule has 2 aliphatic rings. The Kier molecular flexibility index (Phi) is 3.38. The van der Waals surface area contributed by atoms with Crippen LogP contribution in [0.2, 0.25) is 0 Å². The van der Waals surface area contributed by atoms with Crippen LogP contribution in [-0.4, -0.2) is 37.4 Å². The summed E-state index contributed by atoms with van der Waals surface area (Å²) in [6.07, 6.45) is 1.88. The number of halogens is 1. The monoisotopic (exact) mass is 279 g/mol. The van der Waals surface area contributed by atoms with Crippen molar-refractivity contribution in [1.82, 2.24) is 0 Å². The SMILES string of the molecule is O=C(O)C1(CN2CCc3ccc(F)cc32)CCOCC1. The van der Waals surface area contributed by atoms with Gasteiger partial charge in [-0.25, -0.2) is 4.39 Å². The molecule has 0 aromatic heterocycles. The minimum Gasteiger partial charge on any atom is -0.481 e. The number of fused-ring (bicyclic) bond motifs is 1. The number of carbonyl (C=O) groups is 1. The molecule has 0 amide bonds. The Morgan fingerprint density at radius 1 is 1.40 bits per heavy atom. The number of benzene rings is 1. The van der Waals surface area contributed by atoms with Crippen LogP contribution in [0, 0.1) is 11.2 Å². The van der Waals surface area contributed by atoms with Crippen molar-refractivity contribution in [3.8, 4) is 0 Å². The summed E-state index contributed by atoms with van der Waals surface area (Å²) in [5, 5.41) is 9.60. The molecule has 1 saturated heterocycles. The van der Waals surface area contributed by atoms with Crippen LogP contribution in [0.4, 0.5) is 10.1 Å². The number of hydrogen-bond acceptors (Lipinski definition) is 3. The molecule has 0 saturated carbocycles. The second-order valence-corrected chi connectivity index (χ2v) is 5.64. The maximum Gasteiger partial charge on any atom is 0.311 e. The first-order valence-corrected chi connectivity index (χ1v) is 6.95. The van der Waals surface area contributed by atoms with Crippen LogP contribution < -0.4 is 4.90 Å². The summed E-state index contributed by atoms with van der Waals surface area (Å²) in [5.41, 5.74) is 1.17. The van der Waals surface area contributed by atoms with Gasteiger partial charge in [-0.3, -0.25) is 4.79 Å². The van der Waals surface area contributed by atoms with E-state index in [0.717, 1.165) is 24.2 Å². The molecule has 0 bridgehead atoms. The summed E-state index contributed by atoms with van der Waals surface area (Å²) in [5.74, 6) is -1.04. The van der Waals surface area contributed by atoms with Gasteiger partial charge in [-0.1, -0.05) is 6.07 Å². The topological polar surface area (TPSA) is 49.8 Å². The third kappa shape index (κ3) is 2.26. The van der Waals surface area contributed by atoms with E-state index in [1.165, 1.54) is 12.1 Å². The molecule has 0 atom stereocenters. The lowest BCUT2D eigenvalue weighted by atomic mass is 9.79. The molecule has 5 heteroatoms. The number of ether oxygens (including phenoxy) is 1. The summed E-state index contributed by atoms with van der Waals surface area (Å²) < 4.78 is 18.7. The van der Waals surface area contributed by atoms with Crippen LogP contribution >= 0.6 is 0 Å². The predicted octanol–water partition coefficient (Wildman–Crippen LogP) is 2.07. The number of rotatable bonds is 3. The van der Waals surface area contributed by atoms with Gasteiger partial charge < -0.3 is 14.7 Å². The Labute approximate surface area is 117 Å². The lowest BCUT2D eigenvalue weighted by Gasteiger charge is -2.37. The summed E-state index contributed by atoms with van der Waals surface area (Å²) >= 11 is 0. The Morgan fingerprint density at radius 2 is 2.15 bits per heavy atom. The van der Waals surface area contributed by atoms with Gasteiger partial charge in [0.25, 0.3) is 0 Å². The second kappa shape index (κ2) is 5.05. The number of anilines is 1. The van der Waals surface area contributed by atoms with Gasteiger partial charge in [0.15, 0.2) is 0 Å². The molecule has 0 radical (unpaired) electrons. The van der Waals surface area contributed by atoms with E-state index in [-0.39, 0.29) is 5.82 Å². The van der Waals surface area contributed by atoms with Crippen molar-refractivity contribution in [2.75, 3.05) is 31.2 Å². The minimum absolute atomic E-state index is 0.271. The highest BCUT2D eigenvalue weighted by Gasteiger charge is 2.42. The fraction of sp³-hybridized carbons (Fsp3) is 0.533. The highest BCUT2D eigenvalue weighted by Crippen LogP contribution is 2.36. The summed E-state index contributed by atoms with van der Waals surface area (Å²) in [4.78, 5) is 13.7. The fourth-order valence-electron chi connectivity index (χ4n) is 3.15. The van der Waals surface area contributed by atoms with Crippen molar-refractivity contribution in [2.45, 2.75) is 19.3 Å². The van der Waals surface area contributed by atoms with Crippen LogP contribution in [0.1, 0.15) is 18.4 Å². The van der Waals surface area contributed by atoms with Crippen molar-refractivity contribution < 1.29 is 19.0 Å². The minimum atomic E-state index is -0.773. The van der Waals surface area contributed by atoms with E-state index in [9.17, 15) is 14.3 Å². The lowest BCUT2D eigenvalue weighted by molar-refractivity contribution is -0.154. The summed E-state index contributed by atoms with van der Waals surface area (Å²) in [6, 6.07) is 4.77. The molecular weight excluding hydrogens is 261 g/mol. The van der Waals surface area contributed by atoms with E-state index < -0.39 is 11.4 Å². The Balaban J connectivity index is 1.85. The zero-order valence-corrected chi connectivity index (χ0v) is 11.3. The molecule has 3 rings (SSSR count). The first-order chi connectivity index (χ1) is 9.61. The van der Waals surface area contributed by atoms with Crippen molar-refractivity contribution in [3.05, 3.63) is 29.6 Å². The molecule has 2 aliphatic heterocycles. The molecule has 0 spiro atoms. The fourth-order valence-corrected chi connectivity index (χ4v) is 3.15. The predicted molar refractivity (Wildman–Crippen MR) is 72.4 cm³/mol. The lowest BCUT2D eigenvalue weighted by Crippen LogP contribution is -2.46. The maximum absolute atomic E-state index is 13.4. The van der Waals surface area contributed by atoms with E-state index >= 15 is 0 Å². The van der Waals surface area contributed by atoms with E-state index in [2.05, 4.69) is 0 Å². The van der Waals surface area contributed by atoms with E-state index in [1.807, 2.05) is 4.90 Å². The molecule has 108 valence electrons. The highest BCUT2D eigenvalue weighted by atomic mass is 19.1. The highest BCUT2D eigenvalue weighted by molar-refractivity contribution is 5.76. The van der Waals surface area contributed by atoms with Crippen molar-refractivity contribution in [1.29, 1.82) is 0 Å². The quantitative estimate of drug-likeness (QED) is 0.920. The summed E-state index contributed by atoms with van der Waals surface area (Å²) in [7, 11) is 0. The maximum atomic E-state index is 13.4. The molecule has 4 nitrogen and oxygen atoms in total. The average molecular weight is 279 g/mol. The number of aliphatic carboxylic acids is 1. The number of carboxylic acid groups (broad SMARTS) is 1. The normalized spacial score (nSPS) is 20.8. The van der Waals surface area contributed by atoms with Crippen LogP contribution in [0.25, 0.3) is 0 Å². The van der Waals surface area contributed by atoms with Crippen LogP contribution in [0.3, 0.4) is 0 Å². The van der Waals surface area contributed by atoms with Gasteiger partial charge in [-0.2, -0.15) is 0 Å². The van der Waals surface area contributed by atoms with Crippen LogP contribution in [0.5, 0.6) is 0 Å². The van der Waals surface area contributed by atoms with Gasteiger partial charge in [0.1, 0.15) is 5.82 Å². The zero-order valence-electron chi connectivity index (χ0n) is 11.3. The Bertz CT molecular complexity index is 526. The van der Waals surface area contributed by atoms with Gasteiger partial charge in [0, 0.05) is 32.0 Å². The largest absolute Gasteiger partial charge is 0.481 e. The molecule has 1 N–H and O–H groups in total. The Hall–Kier alpha value is -1.62. The molecular formula is C15H18FNO3. The third-order valence-corrected chi connectivity index (χ3v) is 4.44. The molecule has 1 aromatic carbocycles.